The fraction of sp³-hybridized carbons (Fsp3) is 0.143. The molecule has 0 saturated carbocycles. The van der Waals surface area contributed by atoms with Gasteiger partial charge in [0, 0.05) is 6.54 Å². The van der Waals surface area contributed by atoms with E-state index < -0.39 is 9.84 Å². The first-order valence-electron chi connectivity index (χ1n) is 5.67. The Kier molecular flexibility index (Phi) is 3.79. The van der Waals surface area contributed by atoms with Crippen molar-refractivity contribution in [3.8, 4) is 0 Å². The number of benzene rings is 2. The number of nitrogens with two attached hydrogens (primary N) is 1. The minimum atomic E-state index is -3.28. The molecular formula is C14H15NO2S. The topological polar surface area (TPSA) is 60.2 Å². The smallest absolute Gasteiger partial charge is 0.182 e. The van der Waals surface area contributed by atoms with E-state index in [1.165, 1.54) is 0 Å². The fourth-order valence-corrected chi connectivity index (χ4v) is 3.13. The van der Waals surface area contributed by atoms with Crippen LogP contribution in [0.1, 0.15) is 11.1 Å². The van der Waals surface area contributed by atoms with Crippen molar-refractivity contribution in [2.24, 2.45) is 5.73 Å². The van der Waals surface area contributed by atoms with Crippen LogP contribution < -0.4 is 5.73 Å². The summed E-state index contributed by atoms with van der Waals surface area (Å²) < 4.78 is 24.3. The molecule has 0 spiro atoms. The molecule has 2 N–H and O–H groups in total. The van der Waals surface area contributed by atoms with E-state index in [-0.39, 0.29) is 5.75 Å². The molecule has 94 valence electrons. The molecule has 0 aliphatic heterocycles. The third kappa shape index (κ3) is 2.97. The average molecular weight is 261 g/mol. The Hall–Kier alpha value is -1.65. The summed E-state index contributed by atoms with van der Waals surface area (Å²) in [6.07, 6.45) is 0. The van der Waals surface area contributed by atoms with Gasteiger partial charge in [0.1, 0.15) is 0 Å². The zero-order valence-corrected chi connectivity index (χ0v) is 10.7. The zero-order valence-electron chi connectivity index (χ0n) is 9.91. The van der Waals surface area contributed by atoms with Crippen LogP contribution in [0.3, 0.4) is 0 Å². The van der Waals surface area contributed by atoms with Gasteiger partial charge in [0.25, 0.3) is 0 Å². The van der Waals surface area contributed by atoms with Crippen LogP contribution in [0.5, 0.6) is 0 Å². The van der Waals surface area contributed by atoms with Gasteiger partial charge in [-0.1, -0.05) is 42.5 Å². The third-order valence-corrected chi connectivity index (χ3v) is 4.39. The van der Waals surface area contributed by atoms with Crippen molar-refractivity contribution >= 4 is 9.84 Å². The minimum absolute atomic E-state index is 0.00481. The summed E-state index contributed by atoms with van der Waals surface area (Å²) in [5, 5.41) is 0. The van der Waals surface area contributed by atoms with Crippen molar-refractivity contribution in [2.45, 2.75) is 17.2 Å². The molecule has 0 radical (unpaired) electrons. The molecule has 0 heterocycles. The Morgan fingerprint density at radius 1 is 0.889 bits per heavy atom. The molecule has 2 rings (SSSR count). The molecule has 0 aliphatic carbocycles. The number of hydrogen-bond donors (Lipinski definition) is 1. The Morgan fingerprint density at radius 2 is 1.56 bits per heavy atom. The third-order valence-electron chi connectivity index (χ3n) is 2.69. The normalized spacial score (nSPS) is 11.4. The molecule has 2 aromatic rings. The fourth-order valence-electron chi connectivity index (χ4n) is 1.78. The van der Waals surface area contributed by atoms with Crippen LogP contribution in [-0.4, -0.2) is 8.42 Å². The second kappa shape index (κ2) is 5.33. The van der Waals surface area contributed by atoms with Gasteiger partial charge in [0.2, 0.25) is 0 Å². The van der Waals surface area contributed by atoms with Crippen LogP contribution in [0.4, 0.5) is 0 Å². The SMILES string of the molecule is NCc1cccc(CS(=O)(=O)c2ccccc2)c1. The van der Waals surface area contributed by atoms with Gasteiger partial charge >= 0.3 is 0 Å². The molecule has 0 fully saturated rings. The molecule has 0 amide bonds. The second-order valence-corrected chi connectivity index (χ2v) is 6.09. The van der Waals surface area contributed by atoms with Crippen LogP contribution in [-0.2, 0) is 22.1 Å². The van der Waals surface area contributed by atoms with Crippen LogP contribution in [0.25, 0.3) is 0 Å². The Labute approximate surface area is 107 Å². The van der Waals surface area contributed by atoms with Gasteiger partial charge < -0.3 is 5.73 Å². The maximum absolute atomic E-state index is 12.2. The lowest BCUT2D eigenvalue weighted by atomic mass is 10.1. The summed E-state index contributed by atoms with van der Waals surface area (Å²) in [5.74, 6) is 0.00481. The molecule has 2 aromatic carbocycles. The van der Waals surface area contributed by atoms with E-state index in [0.717, 1.165) is 11.1 Å². The molecule has 4 heteroatoms. The maximum atomic E-state index is 12.2. The van der Waals surface area contributed by atoms with E-state index in [1.54, 1.807) is 36.4 Å². The van der Waals surface area contributed by atoms with Gasteiger partial charge in [-0.25, -0.2) is 8.42 Å². The summed E-state index contributed by atoms with van der Waals surface area (Å²) in [6.45, 7) is 0.416. The van der Waals surface area contributed by atoms with Crippen molar-refractivity contribution in [3.05, 3.63) is 65.7 Å². The van der Waals surface area contributed by atoms with E-state index in [2.05, 4.69) is 0 Å². The number of hydrogen-bond acceptors (Lipinski definition) is 3. The van der Waals surface area contributed by atoms with E-state index >= 15 is 0 Å². The standard InChI is InChI=1S/C14H15NO2S/c15-10-12-5-4-6-13(9-12)11-18(16,17)14-7-2-1-3-8-14/h1-9H,10-11,15H2. The number of rotatable bonds is 4. The number of sulfone groups is 1. The molecule has 0 atom stereocenters. The van der Waals surface area contributed by atoms with Gasteiger partial charge in [-0.15, -0.1) is 0 Å². The highest BCUT2D eigenvalue weighted by Crippen LogP contribution is 2.16. The predicted octanol–water partition coefficient (Wildman–Crippen LogP) is 2.12. The highest BCUT2D eigenvalue weighted by atomic mass is 32.2. The highest BCUT2D eigenvalue weighted by molar-refractivity contribution is 7.90. The molecule has 0 saturated heterocycles. The summed E-state index contributed by atoms with van der Waals surface area (Å²) in [4.78, 5) is 0.350. The van der Waals surface area contributed by atoms with Crippen molar-refractivity contribution < 1.29 is 8.42 Å². The highest BCUT2D eigenvalue weighted by Gasteiger charge is 2.14. The molecule has 3 nitrogen and oxygen atoms in total. The lowest BCUT2D eigenvalue weighted by Crippen LogP contribution is -2.05. The average Bonchev–Trinajstić information content (AvgIpc) is 2.39. The monoisotopic (exact) mass is 261 g/mol. The van der Waals surface area contributed by atoms with E-state index in [4.69, 9.17) is 5.73 Å². The Balaban J connectivity index is 2.28. The first-order valence-corrected chi connectivity index (χ1v) is 7.33. The molecule has 0 unspecified atom stereocenters. The van der Waals surface area contributed by atoms with Crippen molar-refractivity contribution in [1.29, 1.82) is 0 Å². The summed E-state index contributed by atoms with van der Waals surface area (Å²) in [6, 6.07) is 15.8. The molecule has 0 aromatic heterocycles. The van der Waals surface area contributed by atoms with Crippen molar-refractivity contribution in [2.75, 3.05) is 0 Å². The van der Waals surface area contributed by atoms with E-state index in [9.17, 15) is 8.42 Å². The van der Waals surface area contributed by atoms with E-state index in [0.29, 0.717) is 11.4 Å². The van der Waals surface area contributed by atoms with Crippen LogP contribution in [0.15, 0.2) is 59.5 Å². The van der Waals surface area contributed by atoms with Crippen LogP contribution >= 0.6 is 0 Å². The quantitative estimate of drug-likeness (QED) is 0.917. The summed E-state index contributed by atoms with van der Waals surface area (Å²) >= 11 is 0. The lowest BCUT2D eigenvalue weighted by molar-refractivity contribution is 0.595. The molecule has 18 heavy (non-hydrogen) atoms. The molecular weight excluding hydrogens is 246 g/mol. The Bertz CT molecular complexity index is 621. The summed E-state index contributed by atoms with van der Waals surface area (Å²) in [5.41, 5.74) is 7.25. The Morgan fingerprint density at radius 3 is 2.22 bits per heavy atom. The zero-order chi connectivity index (χ0) is 13.0. The maximum Gasteiger partial charge on any atom is 0.182 e. The van der Waals surface area contributed by atoms with Crippen LogP contribution in [0.2, 0.25) is 0 Å². The van der Waals surface area contributed by atoms with Crippen molar-refractivity contribution in [1.82, 2.24) is 0 Å². The molecule has 0 aliphatic rings. The molecule has 0 bridgehead atoms. The van der Waals surface area contributed by atoms with Gasteiger partial charge in [-0.3, -0.25) is 0 Å². The second-order valence-electron chi connectivity index (χ2n) is 4.10. The first-order chi connectivity index (χ1) is 8.62. The predicted molar refractivity (Wildman–Crippen MR) is 71.7 cm³/mol. The first kappa shape index (κ1) is 12.8. The van der Waals surface area contributed by atoms with Crippen molar-refractivity contribution in [3.63, 3.8) is 0 Å². The summed E-state index contributed by atoms with van der Waals surface area (Å²) in [7, 11) is -3.28. The minimum Gasteiger partial charge on any atom is -0.326 e. The van der Waals surface area contributed by atoms with Gasteiger partial charge in [0.05, 0.1) is 10.6 Å². The van der Waals surface area contributed by atoms with Gasteiger partial charge in [-0.2, -0.15) is 0 Å². The van der Waals surface area contributed by atoms with Gasteiger partial charge in [0.15, 0.2) is 9.84 Å². The van der Waals surface area contributed by atoms with Crippen LogP contribution in [0, 0.1) is 0 Å². The van der Waals surface area contributed by atoms with E-state index in [1.807, 2.05) is 18.2 Å². The largest absolute Gasteiger partial charge is 0.326 e. The van der Waals surface area contributed by atoms with Gasteiger partial charge in [-0.05, 0) is 23.3 Å². The lowest BCUT2D eigenvalue weighted by Gasteiger charge is -2.06.